The smallest absolute Gasteiger partial charge is 0.254 e. The van der Waals surface area contributed by atoms with E-state index >= 15 is 0 Å². The normalized spacial score (nSPS) is 12.1. The Morgan fingerprint density at radius 3 is 2.53 bits per heavy atom. The highest BCUT2D eigenvalue weighted by atomic mass is 19.1. The summed E-state index contributed by atoms with van der Waals surface area (Å²) < 4.78 is 21.9. The second-order valence-corrected chi connectivity index (χ2v) is 8.77. The molecule has 0 radical (unpaired) electrons. The van der Waals surface area contributed by atoms with Gasteiger partial charge in [0.1, 0.15) is 12.4 Å². The van der Waals surface area contributed by atoms with Crippen LogP contribution in [0.1, 0.15) is 45.8 Å². The largest absolute Gasteiger partial charge is 0.375 e. The van der Waals surface area contributed by atoms with Crippen LogP contribution in [-0.2, 0) is 23.1 Å². The standard InChI is InChI=1S/C26H29FN6O3/c1-15(24-16(2)31-32(4)17(24)3)29-26(35)21-10-20(30-23(34)13-36-5)11-22-25(21)33(14-28-22)12-18-6-8-19(27)9-7-18/h6-11,14-15H,12-13H2,1-5H3,(H,29,35)(H,30,34). The number of aryl methyl sites for hydroxylation is 2. The molecule has 4 rings (SSSR count). The fourth-order valence-corrected chi connectivity index (χ4v) is 4.45. The summed E-state index contributed by atoms with van der Waals surface area (Å²) in [5.74, 6) is -0.983. The van der Waals surface area contributed by atoms with Crippen LogP contribution in [-0.4, -0.2) is 44.9 Å². The molecule has 0 aliphatic rings. The van der Waals surface area contributed by atoms with Crippen LogP contribution in [0.25, 0.3) is 11.0 Å². The Bertz CT molecular complexity index is 1420. The number of halogens is 1. The summed E-state index contributed by atoms with van der Waals surface area (Å²) in [4.78, 5) is 30.2. The summed E-state index contributed by atoms with van der Waals surface area (Å²) in [5.41, 5.74) is 5.55. The number of carbonyl (C=O) groups excluding carboxylic acids is 2. The molecule has 0 saturated heterocycles. The number of benzene rings is 2. The second-order valence-electron chi connectivity index (χ2n) is 8.77. The van der Waals surface area contributed by atoms with Gasteiger partial charge in [0.15, 0.2) is 0 Å². The highest BCUT2D eigenvalue weighted by molar-refractivity contribution is 6.07. The van der Waals surface area contributed by atoms with Crippen molar-refractivity contribution in [1.82, 2.24) is 24.6 Å². The zero-order valence-corrected chi connectivity index (χ0v) is 20.9. The number of nitrogens with one attached hydrogen (secondary N) is 2. The summed E-state index contributed by atoms with van der Waals surface area (Å²) in [6.45, 7) is 6.05. The maximum Gasteiger partial charge on any atom is 0.254 e. The van der Waals surface area contributed by atoms with Crippen molar-refractivity contribution in [2.75, 3.05) is 19.0 Å². The highest BCUT2D eigenvalue weighted by Crippen LogP contribution is 2.27. The number of imidazole rings is 1. The van der Waals surface area contributed by atoms with Gasteiger partial charge in [0.25, 0.3) is 5.91 Å². The quantitative estimate of drug-likeness (QED) is 0.391. The van der Waals surface area contributed by atoms with Crippen molar-refractivity contribution < 1.29 is 18.7 Å². The molecule has 9 nitrogen and oxygen atoms in total. The van der Waals surface area contributed by atoms with E-state index in [1.165, 1.54) is 19.2 Å². The van der Waals surface area contributed by atoms with Gasteiger partial charge in [-0.05, 0) is 50.6 Å². The Hall–Kier alpha value is -4.05. The van der Waals surface area contributed by atoms with Gasteiger partial charge in [0, 0.05) is 37.6 Å². The van der Waals surface area contributed by atoms with Gasteiger partial charge < -0.3 is 19.9 Å². The third kappa shape index (κ3) is 5.13. The van der Waals surface area contributed by atoms with E-state index in [4.69, 9.17) is 4.74 Å². The van der Waals surface area contributed by atoms with Gasteiger partial charge in [-0.3, -0.25) is 14.3 Å². The molecule has 0 spiro atoms. The van der Waals surface area contributed by atoms with E-state index < -0.39 is 0 Å². The number of anilines is 1. The molecule has 2 aromatic heterocycles. The molecular formula is C26H29FN6O3. The summed E-state index contributed by atoms with van der Waals surface area (Å²) in [7, 11) is 3.30. The molecule has 0 fully saturated rings. The van der Waals surface area contributed by atoms with E-state index in [1.807, 2.05) is 32.4 Å². The Morgan fingerprint density at radius 1 is 1.17 bits per heavy atom. The fourth-order valence-electron chi connectivity index (χ4n) is 4.45. The summed E-state index contributed by atoms with van der Waals surface area (Å²) in [6, 6.07) is 9.20. The SMILES string of the molecule is COCC(=O)Nc1cc(C(=O)NC(C)c2c(C)nn(C)c2C)c2c(c1)ncn2Cc1ccc(F)cc1. The lowest BCUT2D eigenvalue weighted by atomic mass is 10.0. The van der Waals surface area contributed by atoms with Crippen LogP contribution < -0.4 is 10.6 Å². The summed E-state index contributed by atoms with van der Waals surface area (Å²) in [5, 5.41) is 10.3. The minimum absolute atomic E-state index is 0.116. The van der Waals surface area contributed by atoms with E-state index in [9.17, 15) is 14.0 Å². The van der Waals surface area contributed by atoms with Crippen LogP contribution >= 0.6 is 0 Å². The predicted molar refractivity (Wildman–Crippen MR) is 134 cm³/mol. The minimum Gasteiger partial charge on any atom is -0.375 e. The van der Waals surface area contributed by atoms with Gasteiger partial charge in [-0.15, -0.1) is 0 Å². The lowest BCUT2D eigenvalue weighted by molar-refractivity contribution is -0.119. The number of methoxy groups -OCH3 is 1. The lowest BCUT2D eigenvalue weighted by Gasteiger charge is -2.17. The topological polar surface area (TPSA) is 103 Å². The fraction of sp³-hybridized carbons (Fsp3) is 0.308. The van der Waals surface area contributed by atoms with Crippen LogP contribution in [0, 0.1) is 19.7 Å². The molecule has 2 amide bonds. The number of rotatable bonds is 8. The number of hydrogen-bond donors (Lipinski definition) is 2. The van der Waals surface area contributed by atoms with Crippen molar-refractivity contribution in [2.45, 2.75) is 33.4 Å². The number of aromatic nitrogens is 4. The molecule has 1 unspecified atom stereocenters. The molecule has 2 N–H and O–H groups in total. The van der Waals surface area contributed by atoms with Gasteiger partial charge in [0.05, 0.1) is 34.7 Å². The molecule has 10 heteroatoms. The first kappa shape index (κ1) is 25.1. The van der Waals surface area contributed by atoms with Crippen molar-refractivity contribution in [2.24, 2.45) is 7.05 Å². The first-order chi connectivity index (χ1) is 17.2. The van der Waals surface area contributed by atoms with Gasteiger partial charge in [-0.25, -0.2) is 9.37 Å². The molecule has 0 bridgehead atoms. The molecule has 2 heterocycles. The van der Waals surface area contributed by atoms with Crippen molar-refractivity contribution in [1.29, 1.82) is 0 Å². The van der Waals surface area contributed by atoms with Crippen molar-refractivity contribution in [3.8, 4) is 0 Å². The number of carbonyl (C=O) groups is 2. The van der Waals surface area contributed by atoms with E-state index in [0.29, 0.717) is 28.8 Å². The number of nitrogens with zero attached hydrogens (tertiary/aromatic N) is 4. The van der Waals surface area contributed by atoms with Crippen LogP contribution in [0.15, 0.2) is 42.7 Å². The zero-order valence-electron chi connectivity index (χ0n) is 20.9. The van der Waals surface area contributed by atoms with Gasteiger partial charge in [0.2, 0.25) is 5.91 Å². The van der Waals surface area contributed by atoms with Crippen LogP contribution in [0.5, 0.6) is 0 Å². The van der Waals surface area contributed by atoms with Crippen LogP contribution in [0.3, 0.4) is 0 Å². The maximum atomic E-state index is 13.6. The van der Waals surface area contributed by atoms with Gasteiger partial charge in [-0.1, -0.05) is 12.1 Å². The molecule has 0 aliphatic carbocycles. The molecule has 36 heavy (non-hydrogen) atoms. The van der Waals surface area contributed by atoms with E-state index in [1.54, 1.807) is 35.3 Å². The molecule has 0 saturated carbocycles. The Balaban J connectivity index is 1.73. The first-order valence-electron chi connectivity index (χ1n) is 11.5. The molecule has 188 valence electrons. The van der Waals surface area contributed by atoms with Gasteiger partial charge in [-0.2, -0.15) is 5.10 Å². The van der Waals surface area contributed by atoms with Gasteiger partial charge >= 0.3 is 0 Å². The highest BCUT2D eigenvalue weighted by Gasteiger charge is 2.22. The maximum absolute atomic E-state index is 13.6. The predicted octanol–water partition coefficient (Wildman–Crippen LogP) is 3.65. The second kappa shape index (κ2) is 10.3. The Labute approximate surface area is 208 Å². The number of amides is 2. The Kier molecular flexibility index (Phi) is 7.16. The summed E-state index contributed by atoms with van der Waals surface area (Å²) in [6.07, 6.45) is 1.63. The molecule has 2 aromatic carbocycles. The summed E-state index contributed by atoms with van der Waals surface area (Å²) >= 11 is 0. The van der Waals surface area contributed by atoms with E-state index in [-0.39, 0.29) is 30.3 Å². The third-order valence-electron chi connectivity index (χ3n) is 6.13. The van der Waals surface area contributed by atoms with Crippen molar-refractivity contribution >= 4 is 28.5 Å². The average Bonchev–Trinajstić information content (AvgIpc) is 3.33. The van der Waals surface area contributed by atoms with Crippen LogP contribution in [0.4, 0.5) is 10.1 Å². The van der Waals surface area contributed by atoms with E-state index in [0.717, 1.165) is 22.5 Å². The Morgan fingerprint density at radius 2 is 1.89 bits per heavy atom. The number of ether oxygens (including phenoxy) is 1. The number of fused-ring (bicyclic) bond motifs is 1. The lowest BCUT2D eigenvalue weighted by Crippen LogP contribution is -2.28. The first-order valence-corrected chi connectivity index (χ1v) is 11.5. The molecule has 4 aromatic rings. The molecular weight excluding hydrogens is 463 g/mol. The monoisotopic (exact) mass is 492 g/mol. The molecule has 0 aliphatic heterocycles. The average molecular weight is 493 g/mol. The van der Waals surface area contributed by atoms with Crippen LogP contribution in [0.2, 0.25) is 0 Å². The minimum atomic E-state index is -0.344. The zero-order chi connectivity index (χ0) is 26.0. The third-order valence-corrected chi connectivity index (χ3v) is 6.13. The van der Waals surface area contributed by atoms with Crippen molar-refractivity contribution in [3.63, 3.8) is 0 Å². The molecule has 1 atom stereocenters. The van der Waals surface area contributed by atoms with E-state index in [2.05, 4.69) is 20.7 Å². The van der Waals surface area contributed by atoms with Crippen molar-refractivity contribution in [3.05, 3.63) is 76.6 Å². The number of hydrogen-bond acceptors (Lipinski definition) is 5.